The van der Waals surface area contributed by atoms with E-state index in [1.54, 1.807) is 13.0 Å². The van der Waals surface area contributed by atoms with Gasteiger partial charge in [-0.15, -0.1) is 11.3 Å². The summed E-state index contributed by atoms with van der Waals surface area (Å²) in [6, 6.07) is 5.54. The molecule has 144 valence electrons. The first-order valence-electron chi connectivity index (χ1n) is 8.57. The van der Waals surface area contributed by atoms with Crippen LogP contribution in [-0.4, -0.2) is 11.6 Å². The number of anilines is 1. The van der Waals surface area contributed by atoms with Gasteiger partial charge in [0.05, 0.1) is 4.88 Å². The van der Waals surface area contributed by atoms with Gasteiger partial charge in [0, 0.05) is 14.9 Å². The van der Waals surface area contributed by atoms with Crippen LogP contribution in [-0.2, 0) is 16.2 Å². The first kappa shape index (κ1) is 21.1. The Labute approximate surface area is 167 Å². The molecule has 0 aliphatic carbocycles. The van der Waals surface area contributed by atoms with Crippen LogP contribution in [0.5, 0.6) is 0 Å². The van der Waals surface area contributed by atoms with Crippen molar-refractivity contribution in [2.45, 2.75) is 40.5 Å². The van der Waals surface area contributed by atoms with Gasteiger partial charge in [0.1, 0.15) is 10.9 Å². The van der Waals surface area contributed by atoms with E-state index in [9.17, 15) is 9.32 Å². The van der Waals surface area contributed by atoms with Crippen LogP contribution in [0.4, 0.5) is 10.2 Å². The fraction of sp³-hybridized carbons (Fsp3) is 0.300. The Balaban J connectivity index is 2.31. The van der Waals surface area contributed by atoms with Crippen LogP contribution < -0.4 is 5.32 Å². The Morgan fingerprint density at radius 2 is 2.07 bits per heavy atom. The van der Waals surface area contributed by atoms with E-state index in [1.807, 2.05) is 32.9 Å². The summed E-state index contributed by atoms with van der Waals surface area (Å²) >= 11 is 7.47. The Kier molecular flexibility index (Phi) is 7.16. The number of aryl methyl sites for hydroxylation is 1. The lowest BCUT2D eigenvalue weighted by Crippen LogP contribution is -2.20. The summed E-state index contributed by atoms with van der Waals surface area (Å²) in [5.41, 5.74) is 2.78. The van der Waals surface area contributed by atoms with Crippen molar-refractivity contribution in [2.75, 3.05) is 5.32 Å². The smallest absolute Gasteiger partial charge is 0.269 e. The van der Waals surface area contributed by atoms with E-state index in [0.29, 0.717) is 15.7 Å². The number of carbonyl (C=O) groups excluding carboxylic acids is 1. The van der Waals surface area contributed by atoms with Crippen molar-refractivity contribution in [3.05, 3.63) is 45.9 Å². The van der Waals surface area contributed by atoms with E-state index in [-0.39, 0.29) is 17.4 Å². The molecular weight excluding hydrogens is 387 g/mol. The molecule has 1 aromatic carbocycles. The lowest BCUT2D eigenvalue weighted by atomic mass is 10.1. The summed E-state index contributed by atoms with van der Waals surface area (Å²) in [7, 11) is 0. The molecule has 0 spiro atoms. The molecule has 27 heavy (non-hydrogen) atoms. The number of carbonyl (C=O) groups is 1. The molecule has 1 N–H and O–H groups in total. The van der Waals surface area contributed by atoms with E-state index in [2.05, 4.69) is 21.8 Å². The Morgan fingerprint density at radius 3 is 2.67 bits per heavy atom. The summed E-state index contributed by atoms with van der Waals surface area (Å²) in [6.45, 7) is 11.0. The van der Waals surface area contributed by atoms with Crippen LogP contribution in [0.1, 0.15) is 44.6 Å². The van der Waals surface area contributed by atoms with Gasteiger partial charge in [-0.1, -0.05) is 38.1 Å². The third-order valence-electron chi connectivity index (χ3n) is 4.23. The minimum atomic E-state index is -0.333. The minimum absolute atomic E-state index is 0.00524. The molecule has 1 aromatic heterocycles. The fourth-order valence-corrected chi connectivity index (χ4v) is 3.99. The molecule has 4 nitrogen and oxygen atoms in total. The number of allylic oxidation sites excluding steroid dienone is 1. The fourth-order valence-electron chi connectivity index (χ4n) is 2.50. The number of amides is 1. The van der Waals surface area contributed by atoms with Crippen LogP contribution in [0.15, 0.2) is 40.5 Å². The second kappa shape index (κ2) is 9.15. The zero-order chi connectivity index (χ0) is 20.1. The molecular formula is C20H22ClFN2O2S. The molecule has 0 radical (unpaired) electrons. The molecule has 0 aliphatic rings. The summed E-state index contributed by atoms with van der Waals surface area (Å²) in [6.07, 6.45) is 1.49. The second-order valence-corrected chi connectivity index (χ2v) is 7.46. The maximum Gasteiger partial charge on any atom is 0.269 e. The summed E-state index contributed by atoms with van der Waals surface area (Å²) in [4.78, 5) is 21.0. The zero-order valence-corrected chi connectivity index (χ0v) is 17.4. The van der Waals surface area contributed by atoms with Gasteiger partial charge in [-0.25, -0.2) is 4.99 Å². The molecule has 2 rings (SSSR count). The van der Waals surface area contributed by atoms with Gasteiger partial charge in [-0.3, -0.25) is 9.74 Å². The zero-order valence-electron chi connectivity index (χ0n) is 15.8. The highest BCUT2D eigenvalue weighted by Crippen LogP contribution is 2.37. The Hall–Kier alpha value is -2.18. The van der Waals surface area contributed by atoms with Crippen molar-refractivity contribution in [3.8, 4) is 0 Å². The average Bonchev–Trinajstić information content (AvgIpc) is 3.04. The molecule has 1 heterocycles. The van der Waals surface area contributed by atoms with Crippen LogP contribution in [0.3, 0.4) is 0 Å². The normalized spacial score (nSPS) is 12.7. The molecule has 0 unspecified atom stereocenters. The largest absolute Gasteiger partial charge is 0.321 e. The summed E-state index contributed by atoms with van der Waals surface area (Å²) in [5.74, 6) is -0.338. The Morgan fingerprint density at radius 1 is 1.37 bits per heavy atom. The quantitative estimate of drug-likeness (QED) is 0.318. The van der Waals surface area contributed by atoms with Crippen molar-refractivity contribution >= 4 is 56.1 Å². The number of fused-ring (bicyclic) bond motifs is 1. The van der Waals surface area contributed by atoms with Crippen molar-refractivity contribution in [1.82, 2.24) is 0 Å². The van der Waals surface area contributed by atoms with E-state index in [0.717, 1.165) is 34.1 Å². The number of hydrogen-bond acceptors (Lipinski definition) is 4. The number of hydrogen-bond donors (Lipinski definition) is 1. The summed E-state index contributed by atoms with van der Waals surface area (Å²) in [5, 5.41) is 4.14. The lowest BCUT2D eigenvalue weighted by Gasteiger charge is -2.06. The number of thiophene rings is 1. The van der Waals surface area contributed by atoms with Gasteiger partial charge in [0.2, 0.25) is 0 Å². The number of rotatable bonds is 7. The first-order valence-corrected chi connectivity index (χ1v) is 9.76. The molecule has 7 heteroatoms. The predicted octanol–water partition coefficient (Wildman–Crippen LogP) is 6.62. The molecule has 1 amide bonds. The SMILES string of the molecule is C=C(OF)c1sc2cc(NC(=O)/C(C)=N/C(Cl)=C(\C)CC)ccc2c1CC. The van der Waals surface area contributed by atoms with Crippen LogP contribution in [0.2, 0.25) is 0 Å². The number of benzene rings is 1. The molecule has 0 bridgehead atoms. The molecule has 0 aliphatic heterocycles. The lowest BCUT2D eigenvalue weighted by molar-refractivity contribution is -0.110. The maximum atomic E-state index is 12.6. The summed E-state index contributed by atoms with van der Waals surface area (Å²) < 4.78 is 13.5. The predicted molar refractivity (Wildman–Crippen MR) is 113 cm³/mol. The number of aliphatic imine (C=N–C) groups is 1. The van der Waals surface area contributed by atoms with E-state index >= 15 is 0 Å². The maximum absolute atomic E-state index is 12.6. The van der Waals surface area contributed by atoms with Crippen LogP contribution in [0.25, 0.3) is 15.8 Å². The van der Waals surface area contributed by atoms with Gasteiger partial charge in [0.25, 0.3) is 5.91 Å². The number of nitrogens with zero attached hydrogens (tertiary/aromatic N) is 1. The van der Waals surface area contributed by atoms with Crippen molar-refractivity contribution in [3.63, 3.8) is 0 Å². The first-order chi connectivity index (χ1) is 12.8. The van der Waals surface area contributed by atoms with Crippen molar-refractivity contribution in [2.24, 2.45) is 4.99 Å². The molecule has 0 atom stereocenters. The highest BCUT2D eigenvalue weighted by molar-refractivity contribution is 7.20. The second-order valence-electron chi connectivity index (χ2n) is 6.05. The average molecular weight is 409 g/mol. The van der Waals surface area contributed by atoms with Crippen molar-refractivity contribution in [1.29, 1.82) is 0 Å². The Bertz CT molecular complexity index is 947. The molecule has 0 saturated carbocycles. The third kappa shape index (κ3) is 4.76. The third-order valence-corrected chi connectivity index (χ3v) is 5.87. The van der Waals surface area contributed by atoms with Gasteiger partial charge < -0.3 is 5.32 Å². The van der Waals surface area contributed by atoms with Gasteiger partial charge in [-0.05, 0) is 55.3 Å². The molecule has 2 aromatic rings. The highest BCUT2D eigenvalue weighted by Gasteiger charge is 2.16. The molecule has 0 saturated heterocycles. The van der Waals surface area contributed by atoms with Crippen LogP contribution in [0, 0.1) is 0 Å². The van der Waals surface area contributed by atoms with Gasteiger partial charge in [-0.2, -0.15) is 0 Å². The number of nitrogens with one attached hydrogen (secondary N) is 1. The van der Waals surface area contributed by atoms with Crippen molar-refractivity contribution < 1.29 is 14.3 Å². The van der Waals surface area contributed by atoms with Gasteiger partial charge >= 0.3 is 0 Å². The van der Waals surface area contributed by atoms with E-state index in [1.165, 1.54) is 11.3 Å². The number of halogens is 2. The van der Waals surface area contributed by atoms with Gasteiger partial charge in [0.15, 0.2) is 5.76 Å². The standard InChI is InChI=1S/C20H22ClFN2O2S/c1-6-11(3)19(21)23-12(4)20(25)24-14-8-9-16-15(7-2)18(13(5)26-22)27-17(16)10-14/h8-10H,5-7H2,1-4H3,(H,24,25)/b19-11+,23-12+. The van der Waals surface area contributed by atoms with E-state index < -0.39 is 0 Å². The minimum Gasteiger partial charge on any atom is -0.321 e. The highest BCUT2D eigenvalue weighted by atomic mass is 35.5. The van der Waals surface area contributed by atoms with Crippen LogP contribution >= 0.6 is 22.9 Å². The monoisotopic (exact) mass is 408 g/mol. The van der Waals surface area contributed by atoms with E-state index in [4.69, 9.17) is 11.6 Å². The molecule has 0 fully saturated rings. The topological polar surface area (TPSA) is 50.7 Å².